The van der Waals surface area contributed by atoms with Gasteiger partial charge in [0.2, 0.25) is 5.91 Å². The van der Waals surface area contributed by atoms with Crippen LogP contribution in [0.25, 0.3) is 6.08 Å². The van der Waals surface area contributed by atoms with Gasteiger partial charge < -0.3 is 9.64 Å². The highest BCUT2D eigenvalue weighted by Crippen LogP contribution is 2.29. The second-order valence-electron chi connectivity index (χ2n) is 5.79. The zero-order chi connectivity index (χ0) is 17.6. The number of benzene rings is 1. The number of nitrogens with zero attached hydrogens (tertiary/aromatic N) is 2. The van der Waals surface area contributed by atoms with Crippen LogP contribution < -0.4 is 0 Å². The van der Waals surface area contributed by atoms with E-state index in [1.807, 2.05) is 41.3 Å². The Morgan fingerprint density at radius 3 is 2.76 bits per heavy atom. The minimum absolute atomic E-state index is 0.0285. The van der Waals surface area contributed by atoms with Gasteiger partial charge in [-0.1, -0.05) is 30.3 Å². The predicted octanol–water partition coefficient (Wildman–Crippen LogP) is 3.52. The molecule has 0 saturated heterocycles. The fraction of sp³-hybridized carbons (Fsp3) is 0.316. The van der Waals surface area contributed by atoms with E-state index < -0.39 is 5.97 Å². The number of carbonyl (C=O) groups is 2. The van der Waals surface area contributed by atoms with Gasteiger partial charge in [-0.2, -0.15) is 0 Å². The number of esters is 1. The topological polar surface area (TPSA) is 59.5 Å². The molecule has 1 heterocycles. The lowest BCUT2D eigenvalue weighted by molar-refractivity contribution is -0.127. The number of rotatable bonds is 7. The average Bonchev–Trinajstić information content (AvgIpc) is 3.36. The first-order chi connectivity index (χ1) is 12.2. The van der Waals surface area contributed by atoms with Gasteiger partial charge in [0.15, 0.2) is 5.69 Å². The lowest BCUT2D eigenvalue weighted by Gasteiger charge is -2.19. The van der Waals surface area contributed by atoms with E-state index in [1.54, 1.807) is 18.4 Å². The zero-order valence-corrected chi connectivity index (χ0v) is 14.9. The van der Waals surface area contributed by atoms with Gasteiger partial charge in [0.05, 0.1) is 13.2 Å². The SMILES string of the molecule is CCOC(=O)c1csc(CN(C(=O)C=Cc2ccccc2)C2CC2)n1. The highest BCUT2D eigenvalue weighted by molar-refractivity contribution is 7.09. The van der Waals surface area contributed by atoms with E-state index in [4.69, 9.17) is 4.74 Å². The second-order valence-corrected chi connectivity index (χ2v) is 6.73. The first kappa shape index (κ1) is 17.4. The molecule has 1 amide bonds. The van der Waals surface area contributed by atoms with Crippen LogP contribution in [0.15, 0.2) is 41.8 Å². The lowest BCUT2D eigenvalue weighted by Crippen LogP contribution is -2.31. The van der Waals surface area contributed by atoms with Crippen molar-refractivity contribution in [1.82, 2.24) is 9.88 Å². The molecule has 5 nitrogen and oxygen atoms in total. The summed E-state index contributed by atoms with van der Waals surface area (Å²) in [6.07, 6.45) is 5.46. The first-order valence-corrected chi connectivity index (χ1v) is 9.20. The van der Waals surface area contributed by atoms with Crippen molar-refractivity contribution in [3.63, 3.8) is 0 Å². The minimum Gasteiger partial charge on any atom is -0.461 e. The van der Waals surface area contributed by atoms with Crippen molar-refractivity contribution in [3.05, 3.63) is 58.1 Å². The Kier molecular flexibility index (Phi) is 5.60. The Morgan fingerprint density at radius 2 is 2.08 bits per heavy atom. The molecule has 1 fully saturated rings. The standard InChI is InChI=1S/C19H20N2O3S/c1-2-24-19(23)16-13-25-17(20-16)12-21(15-9-10-15)18(22)11-8-14-6-4-3-5-7-14/h3-8,11,13,15H,2,9-10,12H2,1H3. The van der Waals surface area contributed by atoms with E-state index in [0.29, 0.717) is 18.8 Å². The van der Waals surface area contributed by atoms with Crippen molar-refractivity contribution < 1.29 is 14.3 Å². The molecule has 0 bridgehead atoms. The van der Waals surface area contributed by atoms with Crippen LogP contribution in [0.3, 0.4) is 0 Å². The minimum atomic E-state index is -0.418. The van der Waals surface area contributed by atoms with Gasteiger partial charge in [0, 0.05) is 17.5 Å². The molecule has 2 aromatic rings. The van der Waals surface area contributed by atoms with Gasteiger partial charge in [-0.15, -0.1) is 11.3 Å². The summed E-state index contributed by atoms with van der Waals surface area (Å²) in [5.41, 5.74) is 1.30. The molecule has 1 aliphatic rings. The van der Waals surface area contributed by atoms with Gasteiger partial charge >= 0.3 is 5.97 Å². The summed E-state index contributed by atoms with van der Waals surface area (Å²) in [5, 5.41) is 2.43. The zero-order valence-electron chi connectivity index (χ0n) is 14.1. The van der Waals surface area contributed by atoms with Crippen molar-refractivity contribution in [2.24, 2.45) is 0 Å². The van der Waals surface area contributed by atoms with Crippen LogP contribution in [0.2, 0.25) is 0 Å². The van der Waals surface area contributed by atoms with Gasteiger partial charge in [0.1, 0.15) is 5.01 Å². The van der Waals surface area contributed by atoms with Gasteiger partial charge in [-0.3, -0.25) is 4.79 Å². The summed E-state index contributed by atoms with van der Waals surface area (Å²) < 4.78 is 4.95. The summed E-state index contributed by atoms with van der Waals surface area (Å²) in [4.78, 5) is 30.4. The maximum atomic E-state index is 12.6. The van der Waals surface area contributed by atoms with Crippen LogP contribution in [0, 0.1) is 0 Å². The van der Waals surface area contributed by atoms with Crippen molar-refractivity contribution >= 4 is 29.3 Å². The molecule has 0 radical (unpaired) electrons. The molecule has 6 heteroatoms. The van der Waals surface area contributed by atoms with Crippen LogP contribution >= 0.6 is 11.3 Å². The van der Waals surface area contributed by atoms with E-state index in [-0.39, 0.29) is 11.9 Å². The largest absolute Gasteiger partial charge is 0.461 e. The molecular formula is C19H20N2O3S. The molecule has 0 unspecified atom stereocenters. The fourth-order valence-electron chi connectivity index (χ4n) is 2.43. The Morgan fingerprint density at radius 1 is 1.32 bits per heavy atom. The van der Waals surface area contributed by atoms with Crippen LogP contribution in [0.4, 0.5) is 0 Å². The Bertz CT molecular complexity index is 766. The number of aromatic nitrogens is 1. The van der Waals surface area contributed by atoms with E-state index in [9.17, 15) is 9.59 Å². The van der Waals surface area contributed by atoms with E-state index in [2.05, 4.69) is 4.98 Å². The van der Waals surface area contributed by atoms with Crippen LogP contribution in [-0.2, 0) is 16.1 Å². The average molecular weight is 356 g/mol. The quantitative estimate of drug-likeness (QED) is 0.562. The smallest absolute Gasteiger partial charge is 0.357 e. The summed E-state index contributed by atoms with van der Waals surface area (Å²) >= 11 is 1.38. The summed E-state index contributed by atoms with van der Waals surface area (Å²) in [7, 11) is 0. The number of hydrogen-bond donors (Lipinski definition) is 0. The van der Waals surface area contributed by atoms with Crippen LogP contribution in [0.1, 0.15) is 40.8 Å². The third-order valence-corrected chi connectivity index (χ3v) is 4.66. The number of thiazole rings is 1. The van der Waals surface area contributed by atoms with Gasteiger partial charge in [-0.05, 0) is 31.4 Å². The molecule has 0 aliphatic heterocycles. The van der Waals surface area contributed by atoms with Crippen LogP contribution in [0.5, 0.6) is 0 Å². The third kappa shape index (κ3) is 4.76. The summed E-state index contributed by atoms with van der Waals surface area (Å²) in [6, 6.07) is 10.0. The van der Waals surface area contributed by atoms with Crippen molar-refractivity contribution in [2.75, 3.05) is 6.61 Å². The lowest BCUT2D eigenvalue weighted by atomic mass is 10.2. The Labute approximate surface area is 150 Å². The van der Waals surface area contributed by atoms with Crippen molar-refractivity contribution in [1.29, 1.82) is 0 Å². The Balaban J connectivity index is 1.66. The number of amides is 1. The normalized spacial score (nSPS) is 13.8. The molecule has 1 aromatic heterocycles. The molecule has 130 valence electrons. The molecule has 0 spiro atoms. The highest BCUT2D eigenvalue weighted by atomic mass is 32.1. The van der Waals surface area contributed by atoms with E-state index in [0.717, 1.165) is 23.4 Å². The summed E-state index contributed by atoms with van der Waals surface area (Å²) in [5.74, 6) is -0.447. The number of ether oxygens (including phenoxy) is 1. The second kappa shape index (κ2) is 8.07. The fourth-order valence-corrected chi connectivity index (χ4v) is 3.19. The summed E-state index contributed by atoms with van der Waals surface area (Å²) in [6.45, 7) is 2.51. The molecule has 1 aromatic carbocycles. The predicted molar refractivity (Wildman–Crippen MR) is 97.1 cm³/mol. The molecule has 25 heavy (non-hydrogen) atoms. The van der Waals surface area contributed by atoms with Crippen molar-refractivity contribution in [2.45, 2.75) is 32.4 Å². The van der Waals surface area contributed by atoms with E-state index in [1.165, 1.54) is 11.3 Å². The molecule has 0 N–H and O–H groups in total. The monoisotopic (exact) mass is 356 g/mol. The Hall–Kier alpha value is -2.47. The van der Waals surface area contributed by atoms with Gasteiger partial charge in [0.25, 0.3) is 0 Å². The van der Waals surface area contributed by atoms with Gasteiger partial charge in [-0.25, -0.2) is 9.78 Å². The molecule has 1 aliphatic carbocycles. The number of carbonyl (C=O) groups excluding carboxylic acids is 2. The van der Waals surface area contributed by atoms with Crippen LogP contribution in [-0.4, -0.2) is 34.4 Å². The molecule has 1 saturated carbocycles. The van der Waals surface area contributed by atoms with Crippen molar-refractivity contribution in [3.8, 4) is 0 Å². The third-order valence-electron chi connectivity index (χ3n) is 3.83. The maximum Gasteiger partial charge on any atom is 0.357 e. The van der Waals surface area contributed by atoms with E-state index >= 15 is 0 Å². The number of hydrogen-bond acceptors (Lipinski definition) is 5. The molecule has 0 atom stereocenters. The maximum absolute atomic E-state index is 12.6. The molecular weight excluding hydrogens is 336 g/mol. The first-order valence-electron chi connectivity index (χ1n) is 8.32. The highest BCUT2D eigenvalue weighted by Gasteiger charge is 2.32. The molecule has 3 rings (SSSR count).